The summed E-state index contributed by atoms with van der Waals surface area (Å²) in [6, 6.07) is 8.55. The van der Waals surface area contributed by atoms with E-state index in [-0.39, 0.29) is 17.5 Å². The molecule has 1 fully saturated rings. The number of hydrogen-bond acceptors (Lipinski definition) is 5. The smallest absolute Gasteiger partial charge is 0.290 e. The minimum absolute atomic E-state index is 0.0709. The molecule has 0 aliphatic carbocycles. The monoisotopic (exact) mass is 323 g/mol. The summed E-state index contributed by atoms with van der Waals surface area (Å²) in [5.41, 5.74) is 0.681. The molecule has 1 aromatic carbocycles. The normalized spacial score (nSPS) is 17.1. The summed E-state index contributed by atoms with van der Waals surface area (Å²) in [5.74, 6) is 0.164. The van der Waals surface area contributed by atoms with Gasteiger partial charge in [0.2, 0.25) is 0 Å². The number of carbonyl (C=O) groups is 1. The number of H-pyrrole nitrogens is 1. The van der Waals surface area contributed by atoms with E-state index in [0.717, 1.165) is 19.4 Å². The van der Waals surface area contributed by atoms with Crippen LogP contribution in [0.25, 0.3) is 0 Å². The largest absolute Gasteiger partial charge is 0.350 e. The number of carbonyl (C=O) groups excluding carboxylic acids is 1. The molecule has 1 saturated heterocycles. The Morgan fingerprint density at radius 1 is 1.46 bits per heavy atom. The van der Waals surface area contributed by atoms with Crippen LogP contribution in [0.15, 0.2) is 41.5 Å². The van der Waals surface area contributed by atoms with E-state index in [4.69, 9.17) is 5.26 Å². The molecule has 7 nitrogen and oxygen atoms in total. The fraction of sp³-hybridized carbons (Fsp3) is 0.294. The van der Waals surface area contributed by atoms with E-state index in [1.54, 1.807) is 30.5 Å². The minimum atomic E-state index is -0.230. The zero-order valence-corrected chi connectivity index (χ0v) is 13.0. The van der Waals surface area contributed by atoms with Gasteiger partial charge < -0.3 is 15.2 Å². The van der Waals surface area contributed by atoms with Crippen LogP contribution in [-0.2, 0) is 0 Å². The molecule has 3 rings (SSSR count). The molecule has 1 aliphatic rings. The van der Waals surface area contributed by atoms with Crippen molar-refractivity contribution in [2.45, 2.75) is 18.9 Å². The van der Waals surface area contributed by atoms with E-state index in [1.807, 2.05) is 11.0 Å². The van der Waals surface area contributed by atoms with E-state index in [9.17, 15) is 9.59 Å². The standard InChI is InChI=1S/C17H17N5O2/c18-10-12-3-1-4-13(9-12)16(23)21-14-5-2-8-22(11-14)15-17(24)20-7-6-19-15/h1,3-4,6-7,9,14H,2,5,8,11H2,(H,20,24)(H,21,23)/t14-/m1/s1. The average Bonchev–Trinajstić information content (AvgIpc) is 2.62. The Balaban J connectivity index is 1.69. The number of benzene rings is 1. The Labute approximate surface area is 139 Å². The summed E-state index contributed by atoms with van der Waals surface area (Å²) in [6.45, 7) is 1.26. The van der Waals surface area contributed by atoms with E-state index < -0.39 is 0 Å². The Morgan fingerprint density at radius 3 is 3.12 bits per heavy atom. The van der Waals surface area contributed by atoms with Crippen molar-refractivity contribution in [3.8, 4) is 6.07 Å². The topological polar surface area (TPSA) is 102 Å². The molecular formula is C17H17N5O2. The van der Waals surface area contributed by atoms with Crippen LogP contribution in [0.2, 0.25) is 0 Å². The number of amides is 1. The van der Waals surface area contributed by atoms with Crippen molar-refractivity contribution in [1.29, 1.82) is 5.26 Å². The molecule has 1 amide bonds. The summed E-state index contributed by atoms with van der Waals surface area (Å²) in [4.78, 5) is 32.9. The van der Waals surface area contributed by atoms with Crippen molar-refractivity contribution in [2.24, 2.45) is 0 Å². The van der Waals surface area contributed by atoms with E-state index in [1.165, 1.54) is 6.20 Å². The molecule has 7 heteroatoms. The van der Waals surface area contributed by atoms with Crippen molar-refractivity contribution >= 4 is 11.7 Å². The molecular weight excluding hydrogens is 306 g/mol. The molecule has 2 aromatic rings. The SMILES string of the molecule is N#Cc1cccc(C(=O)N[C@@H]2CCCN(c3ncc[nH]c3=O)C2)c1. The molecule has 1 aromatic heterocycles. The number of hydrogen-bond donors (Lipinski definition) is 2. The highest BCUT2D eigenvalue weighted by molar-refractivity contribution is 5.94. The highest BCUT2D eigenvalue weighted by Crippen LogP contribution is 2.15. The van der Waals surface area contributed by atoms with Crippen molar-refractivity contribution in [2.75, 3.05) is 18.0 Å². The zero-order chi connectivity index (χ0) is 16.9. The maximum absolute atomic E-state index is 12.4. The van der Waals surface area contributed by atoms with Gasteiger partial charge in [-0.3, -0.25) is 9.59 Å². The van der Waals surface area contributed by atoms with Gasteiger partial charge in [0, 0.05) is 37.1 Å². The first-order chi connectivity index (χ1) is 11.7. The lowest BCUT2D eigenvalue weighted by Gasteiger charge is -2.33. The van der Waals surface area contributed by atoms with Gasteiger partial charge in [-0.2, -0.15) is 5.26 Å². The highest BCUT2D eigenvalue weighted by atomic mass is 16.1. The fourth-order valence-corrected chi connectivity index (χ4v) is 2.86. The maximum Gasteiger partial charge on any atom is 0.290 e. The van der Waals surface area contributed by atoms with Crippen molar-refractivity contribution in [3.63, 3.8) is 0 Å². The van der Waals surface area contributed by atoms with Gasteiger partial charge in [-0.1, -0.05) is 6.07 Å². The highest BCUT2D eigenvalue weighted by Gasteiger charge is 2.24. The van der Waals surface area contributed by atoms with Gasteiger partial charge in [-0.05, 0) is 31.0 Å². The number of nitrogens with one attached hydrogen (secondary N) is 2. The summed E-state index contributed by atoms with van der Waals surface area (Å²) in [7, 11) is 0. The molecule has 2 N–H and O–H groups in total. The van der Waals surface area contributed by atoms with E-state index >= 15 is 0 Å². The van der Waals surface area contributed by atoms with Crippen LogP contribution in [-0.4, -0.2) is 35.0 Å². The Bertz CT molecular complexity index is 839. The van der Waals surface area contributed by atoms with E-state index in [0.29, 0.717) is 23.5 Å². The maximum atomic E-state index is 12.4. The van der Waals surface area contributed by atoms with Crippen molar-refractivity contribution in [1.82, 2.24) is 15.3 Å². The molecule has 1 aliphatic heterocycles. The van der Waals surface area contributed by atoms with Crippen LogP contribution in [0, 0.1) is 11.3 Å². The lowest BCUT2D eigenvalue weighted by Crippen LogP contribution is -2.49. The first-order valence-corrected chi connectivity index (χ1v) is 7.77. The molecule has 0 saturated carbocycles. The van der Waals surface area contributed by atoms with Crippen LogP contribution < -0.4 is 15.8 Å². The molecule has 2 heterocycles. The minimum Gasteiger partial charge on any atom is -0.350 e. The summed E-state index contributed by atoms with van der Waals surface area (Å²) in [5, 5.41) is 11.9. The number of aromatic amines is 1. The summed E-state index contributed by atoms with van der Waals surface area (Å²) < 4.78 is 0. The average molecular weight is 323 g/mol. The second-order valence-electron chi connectivity index (χ2n) is 5.69. The number of aromatic nitrogens is 2. The second-order valence-corrected chi connectivity index (χ2v) is 5.69. The predicted octanol–water partition coefficient (Wildman–Crippen LogP) is 1.04. The summed E-state index contributed by atoms with van der Waals surface area (Å²) >= 11 is 0. The molecule has 0 unspecified atom stereocenters. The first kappa shape index (κ1) is 15.7. The first-order valence-electron chi connectivity index (χ1n) is 7.77. The lowest BCUT2D eigenvalue weighted by atomic mass is 10.0. The second kappa shape index (κ2) is 6.96. The number of piperidine rings is 1. The van der Waals surface area contributed by atoms with Crippen LogP contribution in [0.4, 0.5) is 5.82 Å². The number of rotatable bonds is 3. The van der Waals surface area contributed by atoms with Gasteiger partial charge in [-0.15, -0.1) is 0 Å². The van der Waals surface area contributed by atoms with Gasteiger partial charge >= 0.3 is 0 Å². The third-order valence-corrected chi connectivity index (χ3v) is 4.00. The third kappa shape index (κ3) is 3.43. The fourth-order valence-electron chi connectivity index (χ4n) is 2.86. The van der Waals surface area contributed by atoms with Crippen LogP contribution in [0.1, 0.15) is 28.8 Å². The van der Waals surface area contributed by atoms with Gasteiger partial charge in [0.25, 0.3) is 11.5 Å². The Kier molecular flexibility index (Phi) is 4.57. The van der Waals surface area contributed by atoms with Gasteiger partial charge in [0.15, 0.2) is 5.82 Å². The van der Waals surface area contributed by atoms with Crippen LogP contribution in [0.5, 0.6) is 0 Å². The Morgan fingerprint density at radius 2 is 2.33 bits per heavy atom. The molecule has 0 bridgehead atoms. The number of nitrogens with zero attached hydrogens (tertiary/aromatic N) is 3. The van der Waals surface area contributed by atoms with Crippen LogP contribution >= 0.6 is 0 Å². The molecule has 0 radical (unpaired) electrons. The predicted molar refractivity (Wildman–Crippen MR) is 88.7 cm³/mol. The molecule has 0 spiro atoms. The number of anilines is 1. The van der Waals surface area contributed by atoms with Crippen molar-refractivity contribution < 1.29 is 4.79 Å². The van der Waals surface area contributed by atoms with E-state index in [2.05, 4.69) is 15.3 Å². The molecule has 1 atom stereocenters. The summed E-state index contributed by atoms with van der Waals surface area (Å²) in [6.07, 6.45) is 4.74. The van der Waals surface area contributed by atoms with Crippen LogP contribution in [0.3, 0.4) is 0 Å². The number of nitriles is 1. The lowest BCUT2D eigenvalue weighted by molar-refractivity contribution is 0.0933. The quantitative estimate of drug-likeness (QED) is 0.879. The third-order valence-electron chi connectivity index (χ3n) is 4.00. The molecule has 24 heavy (non-hydrogen) atoms. The van der Waals surface area contributed by atoms with Gasteiger partial charge in [-0.25, -0.2) is 4.98 Å². The van der Waals surface area contributed by atoms with Gasteiger partial charge in [0.1, 0.15) is 0 Å². The molecule has 122 valence electrons. The zero-order valence-electron chi connectivity index (χ0n) is 13.0. The van der Waals surface area contributed by atoms with Gasteiger partial charge in [0.05, 0.1) is 11.6 Å². The Hall–Kier alpha value is -3.14. The van der Waals surface area contributed by atoms with Crippen molar-refractivity contribution in [3.05, 3.63) is 58.1 Å².